The van der Waals surface area contributed by atoms with Crippen molar-refractivity contribution >= 4 is 16.0 Å². The minimum absolute atomic E-state index is 0.0257. The van der Waals surface area contributed by atoms with Crippen molar-refractivity contribution in [3.05, 3.63) is 42.0 Å². The molecule has 2 atom stereocenters. The first-order chi connectivity index (χ1) is 12.3. The third kappa shape index (κ3) is 4.74. The lowest BCUT2D eigenvalue weighted by Gasteiger charge is -2.31. The number of rotatable bonds is 7. The van der Waals surface area contributed by atoms with Gasteiger partial charge in [0.05, 0.1) is 11.5 Å². The molecular formula is C20H29NO4S. The van der Waals surface area contributed by atoms with E-state index in [0.29, 0.717) is 17.9 Å². The van der Waals surface area contributed by atoms with Gasteiger partial charge in [-0.05, 0) is 51.2 Å². The van der Waals surface area contributed by atoms with E-state index in [0.717, 1.165) is 18.4 Å². The Bertz CT molecular complexity index is 738. The van der Waals surface area contributed by atoms with Gasteiger partial charge in [-0.3, -0.25) is 0 Å². The highest BCUT2D eigenvalue weighted by Crippen LogP contribution is 2.36. The summed E-state index contributed by atoms with van der Waals surface area (Å²) in [6.45, 7) is 8.13. The van der Waals surface area contributed by atoms with Crippen LogP contribution in [0.25, 0.3) is 0 Å². The van der Waals surface area contributed by atoms with E-state index in [4.69, 9.17) is 4.74 Å². The molecule has 1 fully saturated rings. The van der Waals surface area contributed by atoms with Crippen LogP contribution in [-0.4, -0.2) is 37.4 Å². The Morgan fingerprint density at radius 1 is 1.27 bits per heavy atom. The second-order valence-electron chi connectivity index (χ2n) is 7.08. The minimum Gasteiger partial charge on any atom is -0.463 e. The van der Waals surface area contributed by atoms with E-state index in [1.807, 2.05) is 19.1 Å². The molecule has 0 amide bonds. The van der Waals surface area contributed by atoms with Crippen molar-refractivity contribution in [2.75, 3.05) is 6.61 Å². The fourth-order valence-corrected chi connectivity index (χ4v) is 5.47. The first-order valence-corrected chi connectivity index (χ1v) is 10.6. The van der Waals surface area contributed by atoms with Gasteiger partial charge in [0.25, 0.3) is 0 Å². The molecule has 1 heterocycles. The van der Waals surface area contributed by atoms with E-state index in [-0.39, 0.29) is 24.0 Å². The number of sulfonamides is 1. The van der Waals surface area contributed by atoms with Crippen molar-refractivity contribution in [3.63, 3.8) is 0 Å². The average Bonchev–Trinajstić information content (AvgIpc) is 3.00. The van der Waals surface area contributed by atoms with Gasteiger partial charge in [0.1, 0.15) is 0 Å². The number of esters is 1. The van der Waals surface area contributed by atoms with Gasteiger partial charge in [0.15, 0.2) is 0 Å². The molecule has 1 aromatic carbocycles. The van der Waals surface area contributed by atoms with Gasteiger partial charge in [-0.15, -0.1) is 0 Å². The molecule has 0 aromatic heterocycles. The molecule has 0 radical (unpaired) electrons. The zero-order chi connectivity index (χ0) is 19.3. The monoisotopic (exact) mass is 379 g/mol. The summed E-state index contributed by atoms with van der Waals surface area (Å²) in [5.74, 6) is -0.159. The van der Waals surface area contributed by atoms with Gasteiger partial charge < -0.3 is 4.74 Å². The molecule has 0 unspecified atom stereocenters. The van der Waals surface area contributed by atoms with Crippen LogP contribution in [0.5, 0.6) is 0 Å². The van der Waals surface area contributed by atoms with E-state index < -0.39 is 10.0 Å². The molecule has 144 valence electrons. The quantitative estimate of drug-likeness (QED) is 0.535. The van der Waals surface area contributed by atoms with Crippen LogP contribution >= 0.6 is 0 Å². The summed E-state index contributed by atoms with van der Waals surface area (Å²) in [6.07, 6.45) is 5.25. The average molecular weight is 380 g/mol. The Kier molecular flexibility index (Phi) is 7.01. The molecule has 1 aliphatic rings. The maximum Gasteiger partial charge on any atom is 0.330 e. The highest BCUT2D eigenvalue weighted by molar-refractivity contribution is 7.89. The maximum atomic E-state index is 13.3. The van der Waals surface area contributed by atoms with Gasteiger partial charge in [-0.25, -0.2) is 13.2 Å². The van der Waals surface area contributed by atoms with Gasteiger partial charge in [0, 0.05) is 18.2 Å². The molecule has 0 aliphatic carbocycles. The summed E-state index contributed by atoms with van der Waals surface area (Å²) in [7, 11) is -3.58. The van der Waals surface area contributed by atoms with E-state index >= 15 is 0 Å². The van der Waals surface area contributed by atoms with Crippen molar-refractivity contribution in [2.24, 2.45) is 5.92 Å². The molecule has 5 nitrogen and oxygen atoms in total. The Hall–Kier alpha value is -1.66. The number of aryl methyl sites for hydroxylation is 1. The normalized spacial score (nSPS) is 21.6. The summed E-state index contributed by atoms with van der Waals surface area (Å²) in [6, 6.07) is 6.82. The predicted molar refractivity (Wildman–Crippen MR) is 102 cm³/mol. The SMILES string of the molecule is CCOC(=O)/C=C/C[C@@H]1CC[C@H](C(C)C)N1S(=O)(=O)c1ccc(C)cc1. The lowest BCUT2D eigenvalue weighted by atomic mass is 10.0. The van der Waals surface area contributed by atoms with Gasteiger partial charge in [-0.2, -0.15) is 4.31 Å². The fraction of sp³-hybridized carbons (Fsp3) is 0.550. The Balaban J connectivity index is 2.26. The van der Waals surface area contributed by atoms with Crippen LogP contribution in [0.4, 0.5) is 0 Å². The van der Waals surface area contributed by atoms with Crippen molar-refractivity contribution in [2.45, 2.75) is 63.9 Å². The third-order valence-corrected chi connectivity index (χ3v) is 6.79. The van der Waals surface area contributed by atoms with Crippen LogP contribution in [0, 0.1) is 12.8 Å². The molecule has 0 N–H and O–H groups in total. The largest absolute Gasteiger partial charge is 0.463 e. The zero-order valence-corrected chi connectivity index (χ0v) is 16.8. The third-order valence-electron chi connectivity index (χ3n) is 4.80. The van der Waals surface area contributed by atoms with Gasteiger partial charge in [0.2, 0.25) is 10.0 Å². The summed E-state index contributed by atoms with van der Waals surface area (Å²) in [5, 5.41) is 0. The highest BCUT2D eigenvalue weighted by Gasteiger charge is 2.42. The molecule has 6 heteroatoms. The number of hydrogen-bond acceptors (Lipinski definition) is 4. The lowest BCUT2D eigenvalue weighted by molar-refractivity contribution is -0.137. The summed E-state index contributed by atoms with van der Waals surface area (Å²) in [5.41, 5.74) is 1.03. The Morgan fingerprint density at radius 2 is 1.92 bits per heavy atom. The van der Waals surface area contributed by atoms with E-state index in [1.165, 1.54) is 6.08 Å². The number of carbonyl (C=O) groups excluding carboxylic acids is 1. The number of carbonyl (C=O) groups is 1. The molecule has 0 spiro atoms. The zero-order valence-electron chi connectivity index (χ0n) is 16.0. The van der Waals surface area contributed by atoms with E-state index in [9.17, 15) is 13.2 Å². The minimum atomic E-state index is -3.58. The summed E-state index contributed by atoms with van der Waals surface area (Å²) >= 11 is 0. The van der Waals surface area contributed by atoms with Crippen LogP contribution < -0.4 is 0 Å². The number of nitrogens with zero attached hydrogens (tertiary/aromatic N) is 1. The molecule has 0 bridgehead atoms. The second-order valence-corrected chi connectivity index (χ2v) is 8.92. The fourth-order valence-electron chi connectivity index (χ4n) is 3.46. The molecule has 1 saturated heterocycles. The second kappa shape index (κ2) is 8.82. The van der Waals surface area contributed by atoms with Crippen molar-refractivity contribution < 1.29 is 17.9 Å². The smallest absolute Gasteiger partial charge is 0.330 e. The highest BCUT2D eigenvalue weighted by atomic mass is 32.2. The Morgan fingerprint density at radius 3 is 2.50 bits per heavy atom. The number of hydrogen-bond donors (Lipinski definition) is 0. The van der Waals surface area contributed by atoms with Gasteiger partial charge in [-0.1, -0.05) is 37.6 Å². The molecular weight excluding hydrogens is 350 g/mol. The van der Waals surface area contributed by atoms with Crippen LogP contribution in [0.3, 0.4) is 0 Å². The van der Waals surface area contributed by atoms with Crippen molar-refractivity contribution in [3.8, 4) is 0 Å². The number of benzene rings is 1. The van der Waals surface area contributed by atoms with Gasteiger partial charge >= 0.3 is 5.97 Å². The molecule has 1 aliphatic heterocycles. The van der Waals surface area contributed by atoms with Crippen LogP contribution in [0.1, 0.15) is 45.6 Å². The van der Waals surface area contributed by atoms with E-state index in [1.54, 1.807) is 29.4 Å². The maximum absolute atomic E-state index is 13.3. The topological polar surface area (TPSA) is 63.7 Å². The summed E-state index contributed by atoms with van der Waals surface area (Å²) in [4.78, 5) is 11.8. The first-order valence-electron chi connectivity index (χ1n) is 9.20. The molecule has 2 rings (SSSR count). The van der Waals surface area contributed by atoms with Crippen molar-refractivity contribution in [1.82, 2.24) is 4.31 Å². The summed E-state index contributed by atoms with van der Waals surface area (Å²) < 4.78 is 33.1. The standard InChI is InChI=1S/C20H29NO4S/c1-5-25-20(22)8-6-7-17-11-14-19(15(2)3)21(17)26(23,24)18-12-9-16(4)10-13-18/h6,8-10,12-13,15,17,19H,5,7,11,14H2,1-4H3/b8-6+/t17-,19-/m1/s1. The number of ether oxygens (including phenoxy) is 1. The Labute approximate surface area is 157 Å². The molecule has 1 aromatic rings. The van der Waals surface area contributed by atoms with Crippen LogP contribution in [0.2, 0.25) is 0 Å². The molecule has 0 saturated carbocycles. The molecule has 26 heavy (non-hydrogen) atoms. The van der Waals surface area contributed by atoms with E-state index in [2.05, 4.69) is 13.8 Å². The first kappa shape index (κ1) is 20.6. The van der Waals surface area contributed by atoms with Crippen LogP contribution in [0.15, 0.2) is 41.3 Å². The van der Waals surface area contributed by atoms with Crippen molar-refractivity contribution in [1.29, 1.82) is 0 Å². The predicted octanol–water partition coefficient (Wildman–Crippen LogP) is 3.68. The van der Waals surface area contributed by atoms with Crippen LogP contribution in [-0.2, 0) is 19.6 Å². The lowest BCUT2D eigenvalue weighted by Crippen LogP contribution is -2.43.